The molecule has 6 rings (SSSR count). The molecular weight excluding hydrogens is 672 g/mol. The highest BCUT2D eigenvalue weighted by Crippen LogP contribution is 2.41. The van der Waals surface area contributed by atoms with Gasteiger partial charge in [0.2, 0.25) is 0 Å². The van der Waals surface area contributed by atoms with Crippen LogP contribution in [0.1, 0.15) is 39.2 Å². The molecule has 9 nitrogen and oxygen atoms in total. The van der Waals surface area contributed by atoms with Crippen LogP contribution in [0.2, 0.25) is 48.8 Å². The maximum Gasteiger partial charge on any atom is 0.301 e. The van der Waals surface area contributed by atoms with E-state index in [0.29, 0.717) is 48.1 Å². The highest BCUT2D eigenvalue weighted by molar-refractivity contribution is 6.76. The average Bonchev–Trinajstić information content (AvgIpc) is 3.72. The normalized spacial score (nSPS) is 23.4. The van der Waals surface area contributed by atoms with Gasteiger partial charge in [-0.2, -0.15) is 4.98 Å². The molecule has 3 aliphatic rings. The van der Waals surface area contributed by atoms with Crippen molar-refractivity contribution in [2.75, 3.05) is 32.9 Å². The van der Waals surface area contributed by atoms with Crippen molar-refractivity contribution in [2.24, 2.45) is 5.92 Å². The van der Waals surface area contributed by atoms with Crippen molar-refractivity contribution in [1.29, 1.82) is 0 Å². The molecular formula is C37H53ClN4O5Si2. The summed E-state index contributed by atoms with van der Waals surface area (Å²) in [7, 11) is -3.27. The third-order valence-electron chi connectivity index (χ3n) is 10.3. The highest BCUT2D eigenvalue weighted by Gasteiger charge is 2.52. The molecule has 1 aromatic carbocycles. The van der Waals surface area contributed by atoms with Gasteiger partial charge in [-0.1, -0.05) is 76.0 Å². The molecule has 3 fully saturated rings. The predicted molar refractivity (Wildman–Crippen MR) is 201 cm³/mol. The van der Waals surface area contributed by atoms with Crippen molar-refractivity contribution in [3.8, 4) is 29.1 Å². The van der Waals surface area contributed by atoms with Crippen LogP contribution in [0.25, 0.3) is 22.4 Å². The summed E-state index contributed by atoms with van der Waals surface area (Å²) in [6.45, 7) is 22.2. The second-order valence-electron chi connectivity index (χ2n) is 16.4. The monoisotopic (exact) mass is 724 g/mol. The van der Waals surface area contributed by atoms with Crippen LogP contribution in [0.4, 0.5) is 0 Å². The first kappa shape index (κ1) is 36.5. The fourth-order valence-corrected chi connectivity index (χ4v) is 8.46. The molecule has 0 bridgehead atoms. The second kappa shape index (κ2) is 14.8. The van der Waals surface area contributed by atoms with Crippen LogP contribution in [0, 0.1) is 17.8 Å². The number of nitrogens with one attached hydrogen (secondary N) is 1. The van der Waals surface area contributed by atoms with Crippen LogP contribution in [0.15, 0.2) is 30.3 Å². The predicted octanol–water partition coefficient (Wildman–Crippen LogP) is 7.35. The van der Waals surface area contributed by atoms with Gasteiger partial charge in [-0.05, 0) is 68.3 Å². The van der Waals surface area contributed by atoms with E-state index in [1.54, 1.807) is 0 Å². The van der Waals surface area contributed by atoms with Crippen LogP contribution in [-0.2, 0) is 25.4 Å². The molecule has 0 saturated carbocycles. The number of rotatable bonds is 10. The van der Waals surface area contributed by atoms with Gasteiger partial charge in [0.25, 0.3) is 0 Å². The van der Waals surface area contributed by atoms with Gasteiger partial charge < -0.3 is 28.7 Å². The summed E-state index contributed by atoms with van der Waals surface area (Å²) in [5, 5.41) is 4.02. The van der Waals surface area contributed by atoms with E-state index in [-0.39, 0.29) is 36.2 Å². The number of benzene rings is 1. The van der Waals surface area contributed by atoms with Crippen molar-refractivity contribution >= 4 is 39.2 Å². The summed E-state index contributed by atoms with van der Waals surface area (Å²) in [5.41, 5.74) is 3.85. The summed E-state index contributed by atoms with van der Waals surface area (Å²) < 4.78 is 34.0. The van der Waals surface area contributed by atoms with Gasteiger partial charge in [0.05, 0.1) is 35.6 Å². The number of piperidine rings is 1. The Labute approximate surface area is 298 Å². The number of pyridine rings is 1. The Kier molecular flexibility index (Phi) is 11.0. The molecule has 3 aromatic rings. The highest BCUT2D eigenvalue weighted by atomic mass is 35.5. The molecule has 3 saturated heterocycles. The molecule has 5 heterocycles. The summed E-state index contributed by atoms with van der Waals surface area (Å²) in [6, 6.07) is 11.5. The molecule has 0 unspecified atom stereocenters. The number of imidazole rings is 1. The third-order valence-corrected chi connectivity index (χ3v) is 16.8. The number of hydrogen-bond acceptors (Lipinski definition) is 8. The molecule has 0 spiro atoms. The van der Waals surface area contributed by atoms with Gasteiger partial charge in [0.15, 0.2) is 20.1 Å². The standard InChI is InChI=1S/C37H53ClN4O5Si2/c1-37(2,3)49(7,8)47-31-23-45-33-30(22-44-34(31)33)46-36-41-35-29(42(36)24-43-19-20-48(4,5)6)21-28(38)32(40-35)27-13-11-25(12-14-27)9-10-26-15-17-39-18-16-26/h11-14,21,26,30-31,33-34,39H,15-20,22-24H2,1-8H3/t30-,31-,33-,34-/m1/s1. The number of halogens is 1. The quantitative estimate of drug-likeness (QED) is 0.132. The number of ether oxygens (including phenoxy) is 4. The smallest absolute Gasteiger partial charge is 0.301 e. The summed E-state index contributed by atoms with van der Waals surface area (Å²) in [4.78, 5) is 9.84. The number of nitrogens with zero attached hydrogens (tertiary/aromatic N) is 3. The largest absolute Gasteiger partial charge is 0.456 e. The Bertz CT molecular complexity index is 1670. The van der Waals surface area contributed by atoms with Crippen LogP contribution >= 0.6 is 11.6 Å². The summed E-state index contributed by atoms with van der Waals surface area (Å²) in [6.07, 6.45) is 1.30. The lowest BCUT2D eigenvalue weighted by atomic mass is 9.98. The Morgan fingerprint density at radius 3 is 2.33 bits per heavy atom. The molecule has 0 radical (unpaired) electrons. The fourth-order valence-electron chi connectivity index (χ4n) is 6.14. The van der Waals surface area contributed by atoms with Gasteiger partial charge in [0, 0.05) is 31.7 Å². The molecule has 3 aliphatic heterocycles. The van der Waals surface area contributed by atoms with Crippen LogP contribution < -0.4 is 10.1 Å². The number of hydrogen-bond donors (Lipinski definition) is 1. The van der Waals surface area contributed by atoms with E-state index in [2.05, 4.69) is 70.7 Å². The van der Waals surface area contributed by atoms with Gasteiger partial charge in [0.1, 0.15) is 18.9 Å². The van der Waals surface area contributed by atoms with Crippen molar-refractivity contribution in [1.82, 2.24) is 19.9 Å². The van der Waals surface area contributed by atoms with Crippen LogP contribution in [0.3, 0.4) is 0 Å². The van der Waals surface area contributed by atoms with Gasteiger partial charge in [-0.25, -0.2) is 4.98 Å². The lowest BCUT2D eigenvalue weighted by molar-refractivity contribution is 0.00691. The summed E-state index contributed by atoms with van der Waals surface area (Å²) >= 11 is 6.92. The molecule has 4 atom stereocenters. The molecule has 12 heteroatoms. The van der Waals surface area contributed by atoms with Gasteiger partial charge in [-0.3, -0.25) is 4.57 Å². The van der Waals surface area contributed by atoms with E-state index in [9.17, 15) is 0 Å². The number of aromatic nitrogens is 3. The van der Waals surface area contributed by atoms with Crippen molar-refractivity contribution < 1.29 is 23.4 Å². The van der Waals surface area contributed by atoms with Gasteiger partial charge >= 0.3 is 6.01 Å². The zero-order chi connectivity index (χ0) is 35.0. The fraction of sp³-hybridized carbons (Fsp3) is 0.622. The minimum absolute atomic E-state index is 0.0931. The first-order valence-corrected chi connectivity index (χ1v) is 24.7. The molecule has 1 N–H and O–H groups in total. The van der Waals surface area contributed by atoms with Gasteiger partial charge in [-0.15, -0.1) is 0 Å². The minimum Gasteiger partial charge on any atom is -0.456 e. The zero-order valence-electron chi connectivity index (χ0n) is 30.4. The Hall–Kier alpha value is -2.28. The van der Waals surface area contributed by atoms with E-state index >= 15 is 0 Å². The minimum atomic E-state index is -2.00. The summed E-state index contributed by atoms with van der Waals surface area (Å²) in [5.74, 6) is 7.24. The molecule has 2 aromatic heterocycles. The van der Waals surface area contributed by atoms with Crippen LogP contribution in [0.5, 0.6) is 6.01 Å². The van der Waals surface area contributed by atoms with E-state index in [1.807, 2.05) is 34.9 Å². The lowest BCUT2D eigenvalue weighted by Gasteiger charge is -2.39. The van der Waals surface area contributed by atoms with E-state index in [0.717, 1.165) is 48.6 Å². The van der Waals surface area contributed by atoms with E-state index in [1.165, 1.54) is 0 Å². The average molecular weight is 725 g/mol. The maximum atomic E-state index is 6.92. The van der Waals surface area contributed by atoms with Crippen molar-refractivity contribution in [3.05, 3.63) is 40.9 Å². The first-order valence-electron chi connectivity index (χ1n) is 17.7. The topological polar surface area (TPSA) is 88.9 Å². The third kappa shape index (κ3) is 8.62. The molecule has 0 aliphatic carbocycles. The second-order valence-corrected chi connectivity index (χ2v) is 27.2. The Morgan fingerprint density at radius 2 is 1.65 bits per heavy atom. The first-order chi connectivity index (χ1) is 23.2. The van der Waals surface area contributed by atoms with E-state index in [4.69, 9.17) is 44.9 Å². The molecule has 0 amide bonds. The molecule has 266 valence electrons. The number of fused-ring (bicyclic) bond motifs is 2. The SMILES string of the molecule is CC(C)(C)[Si](C)(C)O[C@@H]1CO[C@H]2[C@@H]1OC[C@H]2Oc1nc2nc(-c3ccc(C#CC4CCNCC4)cc3)c(Cl)cc2n1COCC[Si](C)(C)C. The Morgan fingerprint density at radius 1 is 0.980 bits per heavy atom. The van der Waals surface area contributed by atoms with Crippen molar-refractivity contribution in [2.45, 2.75) is 109 Å². The zero-order valence-corrected chi connectivity index (χ0v) is 33.2. The van der Waals surface area contributed by atoms with E-state index < -0.39 is 16.4 Å². The van der Waals surface area contributed by atoms with Crippen molar-refractivity contribution in [3.63, 3.8) is 0 Å². The van der Waals surface area contributed by atoms with Crippen LogP contribution in [-0.4, -0.2) is 88.3 Å². The maximum absolute atomic E-state index is 6.92. The Balaban J connectivity index is 1.23. The molecule has 49 heavy (non-hydrogen) atoms. The lowest BCUT2D eigenvalue weighted by Crippen LogP contribution is -2.47.